The van der Waals surface area contributed by atoms with Gasteiger partial charge < -0.3 is 25.6 Å². The zero-order chi connectivity index (χ0) is 25.4. The minimum atomic E-state index is -0.836. The number of hydrogen-bond donors (Lipinski definition) is 3. The van der Waals surface area contributed by atoms with Crippen molar-refractivity contribution < 1.29 is 23.9 Å². The maximum Gasteiger partial charge on any atom is 0.328 e. The molecule has 10 heteroatoms. The highest BCUT2D eigenvalue weighted by Gasteiger charge is 2.41. The Morgan fingerprint density at radius 3 is 2.50 bits per heavy atom. The van der Waals surface area contributed by atoms with E-state index in [9.17, 15) is 19.2 Å². The molecule has 3 N–H and O–H groups in total. The van der Waals surface area contributed by atoms with E-state index in [1.807, 2.05) is 24.5 Å². The van der Waals surface area contributed by atoms with Crippen LogP contribution in [0.15, 0.2) is 40.8 Å². The predicted molar refractivity (Wildman–Crippen MR) is 132 cm³/mol. The number of anilines is 1. The van der Waals surface area contributed by atoms with Crippen LogP contribution in [0.3, 0.4) is 0 Å². The molecule has 1 aliphatic rings. The molecule has 1 fully saturated rings. The summed E-state index contributed by atoms with van der Waals surface area (Å²) >= 11 is 1.57. The van der Waals surface area contributed by atoms with E-state index in [-0.39, 0.29) is 24.8 Å². The number of allylic oxidation sites excluding steroid dienone is 1. The van der Waals surface area contributed by atoms with Gasteiger partial charge in [-0.2, -0.15) is 0 Å². The molecule has 0 spiro atoms. The van der Waals surface area contributed by atoms with Crippen molar-refractivity contribution >= 4 is 41.3 Å². The lowest BCUT2D eigenvalue weighted by Gasteiger charge is -2.26. The van der Waals surface area contributed by atoms with Crippen molar-refractivity contribution in [1.82, 2.24) is 15.5 Å². The number of nitrogens with zero attached hydrogens (tertiary/aromatic N) is 1. The summed E-state index contributed by atoms with van der Waals surface area (Å²) in [5.74, 6) is -1.53. The van der Waals surface area contributed by atoms with Gasteiger partial charge in [-0.1, -0.05) is 25.5 Å². The molecule has 0 saturated carbocycles. The topological polar surface area (TPSA) is 117 Å². The largest absolute Gasteiger partial charge is 0.467 e. The number of urea groups is 1. The second-order valence-electron chi connectivity index (χ2n) is 8.74. The predicted octanol–water partition coefficient (Wildman–Crippen LogP) is 2.78. The average Bonchev–Trinajstić information content (AvgIpc) is 3.20. The molecule has 2 rings (SSSR count). The third kappa shape index (κ3) is 7.51. The standard InChI is InChI=1S/C24H34N4O5S/c1-14(2)10-20(29)28-13-17(26-24(32)25-16-8-7-9-18(11-16)34-6)12-19(28)22(30)27-21(15(3)4)23(31)33-5/h7-11,15,17,19,21H,12-13H2,1-6H3,(H,27,30)(H2,25,26,32)/t17-,19+,21+/m0/s1. The van der Waals surface area contributed by atoms with E-state index in [1.165, 1.54) is 18.1 Å². The fourth-order valence-electron chi connectivity index (χ4n) is 3.69. The highest BCUT2D eigenvalue weighted by molar-refractivity contribution is 7.98. The molecule has 1 aromatic carbocycles. The summed E-state index contributed by atoms with van der Waals surface area (Å²) in [5, 5.41) is 8.36. The number of amides is 4. The Labute approximate surface area is 205 Å². The van der Waals surface area contributed by atoms with Crippen molar-refractivity contribution in [1.29, 1.82) is 0 Å². The smallest absolute Gasteiger partial charge is 0.328 e. The van der Waals surface area contributed by atoms with Gasteiger partial charge in [0.05, 0.1) is 13.2 Å². The van der Waals surface area contributed by atoms with Gasteiger partial charge in [0.2, 0.25) is 11.8 Å². The molecule has 0 radical (unpaired) electrons. The number of likely N-dealkylation sites (tertiary alicyclic amines) is 1. The summed E-state index contributed by atoms with van der Waals surface area (Å²) < 4.78 is 4.80. The molecule has 4 amide bonds. The van der Waals surface area contributed by atoms with Gasteiger partial charge in [-0.15, -0.1) is 11.8 Å². The van der Waals surface area contributed by atoms with E-state index in [0.717, 1.165) is 10.5 Å². The van der Waals surface area contributed by atoms with Crippen LogP contribution < -0.4 is 16.0 Å². The van der Waals surface area contributed by atoms with E-state index < -0.39 is 36.0 Å². The van der Waals surface area contributed by atoms with Gasteiger partial charge in [0.25, 0.3) is 0 Å². The summed E-state index contributed by atoms with van der Waals surface area (Å²) in [6.07, 6.45) is 3.63. The lowest BCUT2D eigenvalue weighted by Crippen LogP contribution is -2.52. The SMILES string of the molecule is COC(=O)[C@H](NC(=O)[C@H]1C[C@H](NC(=O)Nc2cccc(SC)c2)CN1C(=O)C=C(C)C)C(C)C. The first-order valence-electron chi connectivity index (χ1n) is 11.1. The first-order valence-corrected chi connectivity index (χ1v) is 12.3. The van der Waals surface area contributed by atoms with E-state index in [4.69, 9.17) is 4.74 Å². The number of ether oxygens (including phenoxy) is 1. The number of nitrogens with one attached hydrogen (secondary N) is 3. The maximum atomic E-state index is 13.1. The van der Waals surface area contributed by atoms with Crippen molar-refractivity contribution in [3.63, 3.8) is 0 Å². The van der Waals surface area contributed by atoms with Crippen LogP contribution in [0.5, 0.6) is 0 Å². The van der Waals surface area contributed by atoms with Gasteiger partial charge in [-0.25, -0.2) is 9.59 Å². The van der Waals surface area contributed by atoms with Crippen molar-refractivity contribution in [2.24, 2.45) is 5.92 Å². The molecule has 34 heavy (non-hydrogen) atoms. The highest BCUT2D eigenvalue weighted by Crippen LogP contribution is 2.22. The number of methoxy groups -OCH3 is 1. The van der Waals surface area contributed by atoms with E-state index in [2.05, 4.69) is 16.0 Å². The van der Waals surface area contributed by atoms with Crippen molar-refractivity contribution in [2.45, 2.75) is 57.1 Å². The zero-order valence-corrected chi connectivity index (χ0v) is 21.3. The molecule has 1 heterocycles. The number of carbonyl (C=O) groups excluding carboxylic acids is 4. The van der Waals surface area contributed by atoms with Gasteiger partial charge in [0.15, 0.2) is 0 Å². The van der Waals surface area contributed by atoms with Crippen LogP contribution in [0, 0.1) is 5.92 Å². The number of esters is 1. The molecule has 186 valence electrons. The third-order valence-corrected chi connectivity index (χ3v) is 6.11. The van der Waals surface area contributed by atoms with Crippen LogP contribution in [0.4, 0.5) is 10.5 Å². The average molecular weight is 491 g/mol. The number of rotatable bonds is 8. The normalized spacial score (nSPS) is 18.1. The van der Waals surface area contributed by atoms with Gasteiger partial charge in [0.1, 0.15) is 12.1 Å². The Morgan fingerprint density at radius 2 is 1.91 bits per heavy atom. The maximum absolute atomic E-state index is 13.1. The summed E-state index contributed by atoms with van der Waals surface area (Å²) in [7, 11) is 1.26. The Kier molecular flexibility index (Phi) is 9.97. The van der Waals surface area contributed by atoms with Gasteiger partial charge in [-0.3, -0.25) is 9.59 Å². The lowest BCUT2D eigenvalue weighted by molar-refractivity contribution is -0.147. The Hall–Kier alpha value is -3.01. The summed E-state index contributed by atoms with van der Waals surface area (Å²) in [4.78, 5) is 53.1. The fourth-order valence-corrected chi connectivity index (χ4v) is 4.15. The van der Waals surface area contributed by atoms with Crippen LogP contribution in [-0.2, 0) is 19.1 Å². The van der Waals surface area contributed by atoms with Gasteiger partial charge >= 0.3 is 12.0 Å². The minimum absolute atomic E-state index is 0.170. The van der Waals surface area contributed by atoms with E-state index in [1.54, 1.807) is 45.5 Å². The van der Waals surface area contributed by atoms with Crippen molar-refractivity contribution in [2.75, 3.05) is 25.2 Å². The van der Waals surface area contributed by atoms with Crippen LogP contribution in [0.25, 0.3) is 0 Å². The zero-order valence-electron chi connectivity index (χ0n) is 20.5. The van der Waals surface area contributed by atoms with Crippen LogP contribution in [0.1, 0.15) is 34.1 Å². The third-order valence-electron chi connectivity index (χ3n) is 5.38. The van der Waals surface area contributed by atoms with Crippen molar-refractivity contribution in [3.05, 3.63) is 35.9 Å². The molecule has 0 aliphatic carbocycles. The van der Waals surface area contributed by atoms with Gasteiger partial charge in [-0.05, 0) is 50.6 Å². The Morgan fingerprint density at radius 1 is 1.21 bits per heavy atom. The monoisotopic (exact) mass is 490 g/mol. The molecule has 1 aromatic rings. The second-order valence-corrected chi connectivity index (χ2v) is 9.62. The first kappa shape index (κ1) is 27.2. The number of thioether (sulfide) groups is 1. The van der Waals surface area contributed by atoms with Crippen LogP contribution in [0.2, 0.25) is 0 Å². The van der Waals surface area contributed by atoms with Crippen LogP contribution >= 0.6 is 11.8 Å². The molecule has 3 atom stereocenters. The highest BCUT2D eigenvalue weighted by atomic mass is 32.2. The molecule has 0 bridgehead atoms. The Bertz CT molecular complexity index is 945. The fraction of sp³-hybridized carbons (Fsp3) is 0.500. The van der Waals surface area contributed by atoms with Crippen LogP contribution in [-0.4, -0.2) is 66.8 Å². The van der Waals surface area contributed by atoms with Gasteiger partial charge in [0, 0.05) is 23.2 Å². The summed E-state index contributed by atoms with van der Waals surface area (Å²) in [5.41, 5.74) is 1.44. The van der Waals surface area contributed by atoms with E-state index in [0.29, 0.717) is 5.69 Å². The molecular weight excluding hydrogens is 456 g/mol. The molecule has 9 nitrogen and oxygen atoms in total. The molecule has 0 aromatic heterocycles. The summed E-state index contributed by atoms with van der Waals surface area (Å²) in [6, 6.07) is 4.91. The minimum Gasteiger partial charge on any atom is -0.467 e. The molecule has 1 aliphatic heterocycles. The first-order chi connectivity index (χ1) is 16.0. The van der Waals surface area contributed by atoms with Crippen molar-refractivity contribution in [3.8, 4) is 0 Å². The summed E-state index contributed by atoms with van der Waals surface area (Å²) in [6.45, 7) is 7.35. The second kappa shape index (κ2) is 12.5. The molecule has 0 unspecified atom stereocenters. The number of hydrogen-bond acceptors (Lipinski definition) is 6. The van der Waals surface area contributed by atoms with E-state index >= 15 is 0 Å². The lowest BCUT2D eigenvalue weighted by atomic mass is 10.0. The Balaban J connectivity index is 2.14. The quantitative estimate of drug-likeness (QED) is 0.293. The molecular formula is C24H34N4O5S. The molecule has 1 saturated heterocycles. The number of benzene rings is 1. The number of carbonyl (C=O) groups is 4.